The summed E-state index contributed by atoms with van der Waals surface area (Å²) in [5.74, 6) is 1.64. The van der Waals surface area contributed by atoms with Crippen LogP contribution in [0.25, 0.3) is 11.1 Å². The lowest BCUT2D eigenvalue weighted by Gasteiger charge is -2.28. The van der Waals surface area contributed by atoms with Crippen molar-refractivity contribution in [3.05, 3.63) is 162 Å². The van der Waals surface area contributed by atoms with Gasteiger partial charge in [-0.05, 0) is 94.4 Å². The Kier molecular flexibility index (Phi) is 11.3. The molecule has 0 amide bonds. The predicted octanol–water partition coefficient (Wildman–Crippen LogP) is 9.52. The first-order chi connectivity index (χ1) is 22.7. The van der Waals surface area contributed by atoms with Crippen LogP contribution in [0.2, 0.25) is 0 Å². The normalized spacial score (nSPS) is 12.4. The smallest absolute Gasteiger partial charge is 0.127 e. The fraction of sp³-hybridized carbons (Fsp3) is 0.163. The highest BCUT2D eigenvalue weighted by molar-refractivity contribution is 7.80. The molecule has 5 rings (SSSR count). The van der Waals surface area contributed by atoms with Gasteiger partial charge in [0.1, 0.15) is 11.5 Å². The van der Waals surface area contributed by atoms with E-state index in [2.05, 4.69) is 169 Å². The first-order valence-electron chi connectivity index (χ1n) is 15.9. The summed E-state index contributed by atoms with van der Waals surface area (Å²) in [4.78, 5) is 0. The first kappa shape index (κ1) is 34.1. The topological polar surface area (TPSA) is 18.5 Å². The molecule has 1 unspecified atom stereocenters. The van der Waals surface area contributed by atoms with Crippen LogP contribution in [-0.4, -0.2) is 14.2 Å². The number of allylic oxidation sites excluding steroid dienone is 5. The molecule has 0 aliphatic carbocycles. The van der Waals surface area contributed by atoms with Crippen LogP contribution in [0.5, 0.6) is 11.5 Å². The van der Waals surface area contributed by atoms with Gasteiger partial charge in [0.25, 0.3) is 0 Å². The van der Waals surface area contributed by atoms with E-state index in [1.807, 2.05) is 0 Å². The summed E-state index contributed by atoms with van der Waals surface area (Å²) in [6.45, 7) is 15.3. The number of methoxy groups -OCH3 is 2. The van der Waals surface area contributed by atoms with Crippen LogP contribution in [0, 0.1) is 20.8 Å². The van der Waals surface area contributed by atoms with Crippen LogP contribution >= 0.6 is 15.8 Å². The van der Waals surface area contributed by atoms with E-state index in [-0.39, 0.29) is 0 Å². The molecular weight excluding hydrogens is 610 g/mol. The van der Waals surface area contributed by atoms with Crippen LogP contribution in [0.4, 0.5) is 0 Å². The third-order valence-corrected chi connectivity index (χ3v) is 13.2. The van der Waals surface area contributed by atoms with Crippen molar-refractivity contribution in [2.24, 2.45) is 0 Å². The zero-order valence-corrected chi connectivity index (χ0v) is 30.3. The van der Waals surface area contributed by atoms with Gasteiger partial charge in [-0.3, -0.25) is 0 Å². The molecule has 0 aliphatic heterocycles. The quantitative estimate of drug-likeness (QED) is 0.104. The maximum atomic E-state index is 6.23. The van der Waals surface area contributed by atoms with Gasteiger partial charge >= 0.3 is 0 Å². The average molecular weight is 655 g/mol. The molecule has 0 N–H and O–H groups in total. The number of benzene rings is 5. The molecule has 238 valence electrons. The highest BCUT2D eigenvalue weighted by atomic mass is 31.1. The van der Waals surface area contributed by atoms with E-state index >= 15 is 0 Å². The SMILES string of the molecule is C=C(/C=C\C(C)=C/C)P(c1ccc(C)cc1)c1cccc(OC)c1-c1c(OC)cccc1P(c1ccc(C)cc1)c1ccc(C)cc1. The van der Waals surface area contributed by atoms with Crippen LogP contribution in [0.1, 0.15) is 30.5 Å². The standard InChI is InChI=1S/C43H44O2P2/c1-9-30(2)16-23-34(6)46(35-24-17-31(3)18-25-35)40-14-10-12-38(44-7)42(40)43-39(45-8)13-11-15-41(43)47(36-26-19-32(4)20-27-36)37-28-21-33(5)22-29-37/h9-29H,6H2,1-5,7-8H3/b23-16-,30-9-. The van der Waals surface area contributed by atoms with Crippen molar-refractivity contribution in [3.63, 3.8) is 0 Å². The minimum Gasteiger partial charge on any atom is -0.496 e. The largest absolute Gasteiger partial charge is 0.496 e. The molecule has 0 aromatic heterocycles. The first-order valence-corrected chi connectivity index (χ1v) is 18.6. The molecule has 4 heteroatoms. The molecule has 2 nitrogen and oxygen atoms in total. The summed E-state index contributed by atoms with van der Waals surface area (Å²) in [6.07, 6.45) is 6.46. The van der Waals surface area contributed by atoms with Crippen LogP contribution < -0.4 is 36.0 Å². The number of hydrogen-bond acceptors (Lipinski definition) is 2. The molecule has 5 aromatic carbocycles. The van der Waals surface area contributed by atoms with E-state index in [4.69, 9.17) is 9.47 Å². The van der Waals surface area contributed by atoms with E-state index in [1.165, 1.54) is 48.8 Å². The fourth-order valence-electron chi connectivity index (χ4n) is 5.62. The summed E-state index contributed by atoms with van der Waals surface area (Å²) < 4.78 is 12.5. The molecule has 0 saturated heterocycles. The van der Waals surface area contributed by atoms with Crippen LogP contribution in [0.3, 0.4) is 0 Å². The van der Waals surface area contributed by atoms with Gasteiger partial charge in [-0.25, -0.2) is 0 Å². The molecule has 0 saturated carbocycles. The molecule has 0 fully saturated rings. The van der Waals surface area contributed by atoms with Gasteiger partial charge in [-0.15, -0.1) is 0 Å². The Morgan fingerprint density at radius 2 is 1.00 bits per heavy atom. The summed E-state index contributed by atoms with van der Waals surface area (Å²) >= 11 is 0. The van der Waals surface area contributed by atoms with E-state index in [9.17, 15) is 0 Å². The summed E-state index contributed by atoms with van der Waals surface area (Å²) in [5.41, 5.74) is 7.04. The Hall–Kier alpha value is -4.22. The highest BCUT2D eigenvalue weighted by Crippen LogP contribution is 2.50. The van der Waals surface area contributed by atoms with Crippen molar-refractivity contribution in [2.45, 2.75) is 34.6 Å². The number of ether oxygens (including phenoxy) is 2. The van der Waals surface area contributed by atoms with Gasteiger partial charge < -0.3 is 9.47 Å². The monoisotopic (exact) mass is 654 g/mol. The fourth-order valence-corrected chi connectivity index (χ4v) is 10.3. The molecule has 0 radical (unpaired) electrons. The zero-order chi connectivity index (χ0) is 33.5. The van der Waals surface area contributed by atoms with E-state index in [0.29, 0.717) is 0 Å². The number of aryl methyl sites for hydroxylation is 3. The molecular formula is C43H44O2P2. The van der Waals surface area contributed by atoms with Gasteiger partial charge in [0.2, 0.25) is 0 Å². The van der Waals surface area contributed by atoms with E-state index in [1.54, 1.807) is 14.2 Å². The Balaban J connectivity index is 1.85. The van der Waals surface area contributed by atoms with Crippen molar-refractivity contribution in [3.8, 4) is 22.6 Å². The predicted molar refractivity (Wildman–Crippen MR) is 208 cm³/mol. The van der Waals surface area contributed by atoms with Crippen LogP contribution in [-0.2, 0) is 0 Å². The molecule has 47 heavy (non-hydrogen) atoms. The van der Waals surface area contributed by atoms with Crippen molar-refractivity contribution in [2.75, 3.05) is 14.2 Å². The molecule has 0 heterocycles. The zero-order valence-electron chi connectivity index (χ0n) is 28.5. The molecule has 0 bridgehead atoms. The Bertz CT molecular complexity index is 1850. The minimum atomic E-state index is -1.03. The summed E-state index contributed by atoms with van der Waals surface area (Å²) in [7, 11) is 1.55. The van der Waals surface area contributed by atoms with Crippen LogP contribution in [0.15, 0.2) is 145 Å². The van der Waals surface area contributed by atoms with Crippen molar-refractivity contribution < 1.29 is 9.47 Å². The highest BCUT2D eigenvalue weighted by Gasteiger charge is 2.29. The average Bonchev–Trinajstić information content (AvgIpc) is 3.09. The second-order valence-corrected chi connectivity index (χ2v) is 16.2. The Morgan fingerprint density at radius 1 is 0.574 bits per heavy atom. The lowest BCUT2D eigenvalue weighted by Crippen LogP contribution is -2.25. The van der Waals surface area contributed by atoms with E-state index in [0.717, 1.165) is 27.9 Å². The van der Waals surface area contributed by atoms with Crippen molar-refractivity contribution in [1.29, 1.82) is 0 Å². The van der Waals surface area contributed by atoms with Gasteiger partial charge in [0.05, 0.1) is 14.2 Å². The second-order valence-electron chi connectivity index (χ2n) is 11.7. The van der Waals surface area contributed by atoms with Crippen molar-refractivity contribution >= 4 is 42.4 Å². The number of rotatable bonds is 11. The second kappa shape index (κ2) is 15.6. The molecule has 0 spiro atoms. The van der Waals surface area contributed by atoms with Crippen molar-refractivity contribution in [1.82, 2.24) is 0 Å². The maximum Gasteiger partial charge on any atom is 0.127 e. The third kappa shape index (κ3) is 7.68. The Morgan fingerprint density at radius 3 is 1.45 bits per heavy atom. The minimum absolute atomic E-state index is 0.817. The van der Waals surface area contributed by atoms with Gasteiger partial charge in [0, 0.05) is 11.1 Å². The molecule has 1 atom stereocenters. The Labute approximate surface area is 284 Å². The van der Waals surface area contributed by atoms with Gasteiger partial charge in [-0.2, -0.15) is 0 Å². The maximum absolute atomic E-state index is 6.23. The lowest BCUT2D eigenvalue weighted by molar-refractivity contribution is 0.411. The summed E-state index contributed by atoms with van der Waals surface area (Å²) in [6, 6.07) is 39.8. The molecule has 5 aromatic rings. The van der Waals surface area contributed by atoms with E-state index < -0.39 is 15.8 Å². The van der Waals surface area contributed by atoms with Gasteiger partial charge in [-0.1, -0.05) is 144 Å². The lowest BCUT2D eigenvalue weighted by atomic mass is 10.0. The third-order valence-electron chi connectivity index (χ3n) is 8.34. The van der Waals surface area contributed by atoms with Gasteiger partial charge in [0.15, 0.2) is 0 Å². The number of hydrogen-bond donors (Lipinski definition) is 0. The molecule has 0 aliphatic rings. The summed E-state index contributed by atoms with van der Waals surface area (Å²) in [5, 5.41) is 7.29.